The van der Waals surface area contributed by atoms with Gasteiger partial charge in [0.2, 0.25) is 0 Å². The van der Waals surface area contributed by atoms with Crippen molar-refractivity contribution in [2.45, 2.75) is 31.8 Å². The summed E-state index contributed by atoms with van der Waals surface area (Å²) in [6.07, 6.45) is 4.59. The summed E-state index contributed by atoms with van der Waals surface area (Å²) in [6.45, 7) is 0. The summed E-state index contributed by atoms with van der Waals surface area (Å²) in [5.41, 5.74) is 0.221. The van der Waals surface area contributed by atoms with Crippen LogP contribution in [-0.4, -0.2) is 24.3 Å². The van der Waals surface area contributed by atoms with Crippen molar-refractivity contribution >= 4 is 5.97 Å². The molecule has 2 rings (SSSR count). The Kier molecular flexibility index (Phi) is 3.52. The lowest BCUT2D eigenvalue weighted by atomic mass is 10.2. The molecule has 0 spiro atoms. The first-order valence-electron chi connectivity index (χ1n) is 5.78. The van der Waals surface area contributed by atoms with E-state index in [0.29, 0.717) is 11.5 Å². The number of benzene rings is 1. The quantitative estimate of drug-likeness (QED) is 0.873. The second kappa shape index (κ2) is 5.08. The highest BCUT2D eigenvalue weighted by Gasteiger charge is 2.19. The Balaban J connectivity index is 2.21. The van der Waals surface area contributed by atoms with Crippen LogP contribution < -0.4 is 9.47 Å². The number of carbonyl (C=O) groups is 1. The molecule has 1 aliphatic carbocycles. The molecule has 1 fully saturated rings. The summed E-state index contributed by atoms with van der Waals surface area (Å²) in [6, 6.07) is 4.68. The summed E-state index contributed by atoms with van der Waals surface area (Å²) in [5, 5.41) is 8.94. The van der Waals surface area contributed by atoms with Crippen LogP contribution in [0.15, 0.2) is 18.2 Å². The number of hydrogen-bond donors (Lipinski definition) is 1. The summed E-state index contributed by atoms with van der Waals surface area (Å²) in [4.78, 5) is 10.9. The van der Waals surface area contributed by atoms with Crippen molar-refractivity contribution in [3.8, 4) is 11.5 Å². The maximum Gasteiger partial charge on any atom is 0.335 e. The number of ether oxygens (including phenoxy) is 2. The van der Waals surface area contributed by atoms with Gasteiger partial charge in [-0.2, -0.15) is 0 Å². The first-order valence-corrected chi connectivity index (χ1v) is 5.78. The number of hydrogen-bond acceptors (Lipinski definition) is 3. The van der Waals surface area contributed by atoms with Crippen molar-refractivity contribution in [2.75, 3.05) is 7.11 Å². The van der Waals surface area contributed by atoms with Crippen LogP contribution in [0.2, 0.25) is 0 Å². The van der Waals surface area contributed by atoms with Crippen LogP contribution in [0.4, 0.5) is 0 Å². The van der Waals surface area contributed by atoms with Gasteiger partial charge < -0.3 is 14.6 Å². The first-order chi connectivity index (χ1) is 8.20. The Morgan fingerprint density at radius 3 is 2.59 bits per heavy atom. The molecule has 0 heterocycles. The zero-order valence-corrected chi connectivity index (χ0v) is 9.81. The van der Waals surface area contributed by atoms with Crippen LogP contribution in [0.5, 0.6) is 11.5 Å². The van der Waals surface area contributed by atoms with Gasteiger partial charge in [0.1, 0.15) is 0 Å². The Morgan fingerprint density at radius 1 is 1.29 bits per heavy atom. The number of rotatable bonds is 4. The largest absolute Gasteiger partial charge is 0.493 e. The highest BCUT2D eigenvalue weighted by atomic mass is 16.5. The fourth-order valence-corrected chi connectivity index (χ4v) is 2.09. The van der Waals surface area contributed by atoms with Crippen molar-refractivity contribution in [1.29, 1.82) is 0 Å². The van der Waals surface area contributed by atoms with Gasteiger partial charge in [0.05, 0.1) is 18.8 Å². The third-order valence-corrected chi connectivity index (χ3v) is 3.01. The molecular formula is C13H16O4. The second-order valence-corrected chi connectivity index (χ2v) is 4.20. The molecule has 0 bridgehead atoms. The van der Waals surface area contributed by atoms with Gasteiger partial charge in [0, 0.05) is 0 Å². The molecule has 92 valence electrons. The van der Waals surface area contributed by atoms with E-state index < -0.39 is 5.97 Å². The predicted molar refractivity (Wildman–Crippen MR) is 62.8 cm³/mol. The molecule has 0 saturated heterocycles. The second-order valence-electron chi connectivity index (χ2n) is 4.20. The van der Waals surface area contributed by atoms with Crippen LogP contribution in [0.1, 0.15) is 36.0 Å². The standard InChI is InChI=1S/C13H16O4/c1-16-11-7-6-9(13(14)15)8-12(11)17-10-4-2-3-5-10/h6-8,10H,2-5H2,1H3,(H,14,15). The van der Waals surface area contributed by atoms with Gasteiger partial charge in [-0.15, -0.1) is 0 Å². The average molecular weight is 236 g/mol. The zero-order chi connectivity index (χ0) is 12.3. The molecule has 1 aromatic rings. The Morgan fingerprint density at radius 2 is 2.00 bits per heavy atom. The molecule has 0 amide bonds. The lowest BCUT2D eigenvalue weighted by molar-refractivity contribution is 0.0696. The Labute approximate surface area is 100 Å². The van der Waals surface area contributed by atoms with E-state index in [1.807, 2.05) is 0 Å². The van der Waals surface area contributed by atoms with Crippen molar-refractivity contribution < 1.29 is 19.4 Å². The fourth-order valence-electron chi connectivity index (χ4n) is 2.09. The van der Waals surface area contributed by atoms with Crippen molar-refractivity contribution in [3.05, 3.63) is 23.8 Å². The average Bonchev–Trinajstić information content (AvgIpc) is 2.81. The lowest BCUT2D eigenvalue weighted by Gasteiger charge is -2.16. The van der Waals surface area contributed by atoms with Crippen LogP contribution in [0.25, 0.3) is 0 Å². The normalized spacial score (nSPS) is 15.8. The fraction of sp³-hybridized carbons (Fsp3) is 0.462. The van der Waals surface area contributed by atoms with E-state index in [1.165, 1.54) is 25.0 Å². The van der Waals surface area contributed by atoms with E-state index in [9.17, 15) is 4.79 Å². The maximum atomic E-state index is 10.9. The van der Waals surface area contributed by atoms with Crippen molar-refractivity contribution in [2.24, 2.45) is 0 Å². The molecule has 1 aromatic carbocycles. The van der Waals surface area contributed by atoms with Crippen molar-refractivity contribution in [1.82, 2.24) is 0 Å². The number of methoxy groups -OCH3 is 1. The minimum absolute atomic E-state index is 0.188. The van der Waals surface area contributed by atoms with Gasteiger partial charge in [0.15, 0.2) is 11.5 Å². The third-order valence-electron chi connectivity index (χ3n) is 3.01. The van der Waals surface area contributed by atoms with E-state index >= 15 is 0 Å². The van der Waals surface area contributed by atoms with Crippen LogP contribution in [0.3, 0.4) is 0 Å². The highest BCUT2D eigenvalue weighted by molar-refractivity contribution is 5.88. The Bertz CT molecular complexity index is 408. The first kappa shape index (κ1) is 11.8. The maximum absolute atomic E-state index is 10.9. The lowest BCUT2D eigenvalue weighted by Crippen LogP contribution is -2.12. The van der Waals surface area contributed by atoms with Crippen LogP contribution in [-0.2, 0) is 0 Å². The molecule has 0 aromatic heterocycles. The van der Waals surface area contributed by atoms with Gasteiger partial charge in [0.25, 0.3) is 0 Å². The highest BCUT2D eigenvalue weighted by Crippen LogP contribution is 2.32. The van der Waals surface area contributed by atoms with Gasteiger partial charge in [-0.3, -0.25) is 0 Å². The van der Waals surface area contributed by atoms with Gasteiger partial charge in [-0.25, -0.2) is 4.79 Å². The molecule has 1 saturated carbocycles. The smallest absolute Gasteiger partial charge is 0.335 e. The molecule has 4 heteroatoms. The molecule has 0 aliphatic heterocycles. The summed E-state index contributed by atoms with van der Waals surface area (Å²) < 4.78 is 11.0. The third kappa shape index (κ3) is 2.70. The topological polar surface area (TPSA) is 55.8 Å². The zero-order valence-electron chi connectivity index (χ0n) is 9.81. The molecule has 1 N–H and O–H groups in total. The molecule has 17 heavy (non-hydrogen) atoms. The minimum Gasteiger partial charge on any atom is -0.493 e. The van der Waals surface area contributed by atoms with E-state index in [-0.39, 0.29) is 11.7 Å². The SMILES string of the molecule is COc1ccc(C(=O)O)cc1OC1CCCC1. The predicted octanol–water partition coefficient (Wildman–Crippen LogP) is 2.71. The molecule has 1 aliphatic rings. The van der Waals surface area contributed by atoms with E-state index in [0.717, 1.165) is 12.8 Å². The Hall–Kier alpha value is -1.71. The van der Waals surface area contributed by atoms with Crippen LogP contribution >= 0.6 is 0 Å². The molecular weight excluding hydrogens is 220 g/mol. The summed E-state index contributed by atoms with van der Waals surface area (Å²) in [7, 11) is 1.55. The van der Waals surface area contributed by atoms with Gasteiger partial charge in [-0.05, 0) is 43.9 Å². The molecule has 0 radical (unpaired) electrons. The molecule has 4 nitrogen and oxygen atoms in total. The van der Waals surface area contributed by atoms with Gasteiger partial charge >= 0.3 is 5.97 Å². The molecule has 0 unspecified atom stereocenters. The number of aromatic carboxylic acids is 1. The summed E-state index contributed by atoms with van der Waals surface area (Å²) in [5.74, 6) is 0.158. The van der Waals surface area contributed by atoms with E-state index in [4.69, 9.17) is 14.6 Å². The number of carboxylic acids is 1. The minimum atomic E-state index is -0.955. The van der Waals surface area contributed by atoms with Crippen molar-refractivity contribution in [3.63, 3.8) is 0 Å². The van der Waals surface area contributed by atoms with E-state index in [2.05, 4.69) is 0 Å². The summed E-state index contributed by atoms with van der Waals surface area (Å²) >= 11 is 0. The molecule has 0 atom stereocenters. The van der Waals surface area contributed by atoms with E-state index in [1.54, 1.807) is 13.2 Å². The van der Waals surface area contributed by atoms with Gasteiger partial charge in [-0.1, -0.05) is 0 Å². The monoisotopic (exact) mass is 236 g/mol. The van der Waals surface area contributed by atoms with Crippen LogP contribution in [0, 0.1) is 0 Å². The number of carboxylic acid groups (broad SMARTS) is 1.